The maximum Gasteiger partial charge on any atom is 0.437 e. The average Bonchev–Trinajstić information content (AvgIpc) is 3.09. The van der Waals surface area contributed by atoms with Gasteiger partial charge in [-0.2, -0.15) is 4.68 Å². The lowest BCUT2D eigenvalue weighted by Crippen LogP contribution is -2.45. The van der Waals surface area contributed by atoms with Crippen molar-refractivity contribution in [2.45, 2.75) is 32.4 Å². The molecule has 11 nitrogen and oxygen atoms in total. The minimum atomic E-state index is -1.25. The summed E-state index contributed by atoms with van der Waals surface area (Å²) in [7, 11) is 0. The molecule has 2 aromatic rings. The molecule has 3 rings (SSSR count). The Kier molecular flexibility index (Phi) is 7.53. The van der Waals surface area contributed by atoms with Crippen LogP contribution in [0.2, 0.25) is 0 Å². The highest BCUT2D eigenvalue weighted by atomic mass is 35.5. The predicted molar refractivity (Wildman–Crippen MR) is 112 cm³/mol. The van der Waals surface area contributed by atoms with E-state index in [4.69, 9.17) is 25.9 Å². The third kappa shape index (κ3) is 6.22. The number of carboxylic acid groups (broad SMARTS) is 1. The van der Waals surface area contributed by atoms with Crippen molar-refractivity contribution in [2.24, 2.45) is 0 Å². The number of halogens is 1. The molecule has 1 aromatic heterocycles. The predicted octanol–water partition coefficient (Wildman–Crippen LogP) is 1.77. The van der Waals surface area contributed by atoms with E-state index < -0.39 is 11.8 Å². The molecule has 2 heterocycles. The Labute approximate surface area is 182 Å². The van der Waals surface area contributed by atoms with Gasteiger partial charge in [0.2, 0.25) is 11.8 Å². The van der Waals surface area contributed by atoms with Gasteiger partial charge in [-0.05, 0) is 31.0 Å². The number of aromatic nitrogens is 2. The van der Waals surface area contributed by atoms with Crippen LogP contribution in [0, 0.1) is 0 Å². The van der Waals surface area contributed by atoms with Gasteiger partial charge in [0.25, 0.3) is 0 Å². The first kappa shape index (κ1) is 22.6. The number of carbonyl (C=O) groups is 2. The van der Waals surface area contributed by atoms with Gasteiger partial charge in [0.1, 0.15) is 5.75 Å². The molecular formula is C19H24ClN5O6. The summed E-state index contributed by atoms with van der Waals surface area (Å²) in [5, 5.41) is 18.3. The minimum absolute atomic E-state index is 0.0218. The average molecular weight is 454 g/mol. The largest absolute Gasteiger partial charge is 0.476 e. The lowest BCUT2D eigenvalue weighted by atomic mass is 10.1. The number of rotatable bonds is 8. The standard InChI is InChI=1S/C19H24ClN5O6/c1-12(26)21-14-4-6-24(7-5-14)8-9-25-19(29)31-17(23-25)13-2-3-15(22-18(27)28)16(10-13)30-11-20/h2-3,10,14,22H,4-9,11H2,1H3,(H,21,26)(H,27,28). The Morgan fingerprint density at radius 3 is 2.71 bits per heavy atom. The van der Waals surface area contributed by atoms with Crippen LogP contribution in [-0.2, 0) is 11.3 Å². The van der Waals surface area contributed by atoms with Crippen molar-refractivity contribution in [2.75, 3.05) is 31.0 Å². The normalized spacial score (nSPS) is 14.9. The molecule has 1 aliphatic rings. The summed E-state index contributed by atoms with van der Waals surface area (Å²) in [6.07, 6.45) is 0.473. The number of carbonyl (C=O) groups excluding carboxylic acids is 1. The molecule has 0 aliphatic carbocycles. The van der Waals surface area contributed by atoms with Gasteiger partial charge in [-0.15, -0.1) is 5.10 Å². The highest BCUT2D eigenvalue weighted by Crippen LogP contribution is 2.30. The van der Waals surface area contributed by atoms with Gasteiger partial charge >= 0.3 is 11.8 Å². The van der Waals surface area contributed by atoms with E-state index in [1.165, 1.54) is 23.7 Å². The Morgan fingerprint density at radius 2 is 2.06 bits per heavy atom. The van der Waals surface area contributed by atoms with Crippen LogP contribution in [0.4, 0.5) is 10.5 Å². The molecular weight excluding hydrogens is 430 g/mol. The van der Waals surface area contributed by atoms with Crippen LogP contribution in [0.25, 0.3) is 11.5 Å². The molecule has 12 heteroatoms. The molecule has 1 aliphatic heterocycles. The SMILES string of the molecule is CC(=O)NC1CCN(CCn2nc(-c3ccc(NC(=O)O)c(OCCl)c3)oc2=O)CC1. The molecule has 0 atom stereocenters. The second-order valence-corrected chi connectivity index (χ2v) is 7.33. The van der Waals surface area contributed by atoms with Crippen molar-refractivity contribution < 1.29 is 23.8 Å². The van der Waals surface area contributed by atoms with Crippen molar-refractivity contribution in [3.8, 4) is 17.2 Å². The van der Waals surface area contributed by atoms with Crippen molar-refractivity contribution in [3.63, 3.8) is 0 Å². The first-order chi connectivity index (χ1) is 14.9. The molecule has 3 N–H and O–H groups in total. The molecule has 0 spiro atoms. The number of benzene rings is 1. The van der Waals surface area contributed by atoms with Gasteiger partial charge in [-0.3, -0.25) is 10.1 Å². The van der Waals surface area contributed by atoms with Crippen LogP contribution in [0.15, 0.2) is 27.4 Å². The van der Waals surface area contributed by atoms with Crippen LogP contribution in [0.3, 0.4) is 0 Å². The maximum atomic E-state index is 12.2. The number of amides is 2. The van der Waals surface area contributed by atoms with Crippen LogP contribution in [0.1, 0.15) is 19.8 Å². The second kappa shape index (κ2) is 10.3. The summed E-state index contributed by atoms with van der Waals surface area (Å²) < 4.78 is 11.8. The maximum absolute atomic E-state index is 12.2. The monoisotopic (exact) mass is 453 g/mol. The van der Waals surface area contributed by atoms with Crippen LogP contribution < -0.4 is 21.1 Å². The van der Waals surface area contributed by atoms with E-state index in [1.807, 2.05) is 0 Å². The van der Waals surface area contributed by atoms with Crippen LogP contribution >= 0.6 is 11.6 Å². The molecule has 2 amide bonds. The van der Waals surface area contributed by atoms with E-state index in [0.29, 0.717) is 18.7 Å². The van der Waals surface area contributed by atoms with E-state index >= 15 is 0 Å². The van der Waals surface area contributed by atoms with Gasteiger partial charge in [-0.25, -0.2) is 9.59 Å². The van der Waals surface area contributed by atoms with Gasteiger partial charge < -0.3 is 24.5 Å². The molecule has 31 heavy (non-hydrogen) atoms. The number of nitrogens with zero attached hydrogens (tertiary/aromatic N) is 3. The van der Waals surface area contributed by atoms with E-state index in [-0.39, 0.29) is 35.3 Å². The number of likely N-dealkylation sites (tertiary alicyclic amines) is 1. The van der Waals surface area contributed by atoms with E-state index in [2.05, 4.69) is 20.6 Å². The van der Waals surface area contributed by atoms with Crippen LogP contribution in [-0.4, -0.2) is 63.5 Å². The third-order valence-corrected chi connectivity index (χ3v) is 5.02. The number of anilines is 1. The third-order valence-electron chi connectivity index (χ3n) is 4.91. The molecule has 1 saturated heterocycles. The summed E-state index contributed by atoms with van der Waals surface area (Å²) in [5.74, 6) is -0.327. The lowest BCUT2D eigenvalue weighted by Gasteiger charge is -2.31. The zero-order valence-electron chi connectivity index (χ0n) is 17.0. The zero-order valence-corrected chi connectivity index (χ0v) is 17.7. The number of alkyl halides is 1. The lowest BCUT2D eigenvalue weighted by molar-refractivity contribution is -0.119. The fraction of sp³-hybridized carbons (Fsp3) is 0.474. The van der Waals surface area contributed by atoms with Crippen molar-refractivity contribution in [1.29, 1.82) is 0 Å². The Morgan fingerprint density at radius 1 is 1.32 bits per heavy atom. The van der Waals surface area contributed by atoms with E-state index in [1.54, 1.807) is 6.07 Å². The van der Waals surface area contributed by atoms with Crippen molar-refractivity contribution in [1.82, 2.24) is 20.0 Å². The quantitative estimate of drug-likeness (QED) is 0.514. The number of ether oxygens (including phenoxy) is 1. The van der Waals surface area contributed by atoms with Gasteiger partial charge in [0.05, 0.1) is 12.2 Å². The van der Waals surface area contributed by atoms with Gasteiger partial charge in [-0.1, -0.05) is 11.6 Å². The Hall–Kier alpha value is -3.05. The minimum Gasteiger partial charge on any atom is -0.476 e. The second-order valence-electron chi connectivity index (χ2n) is 7.11. The molecule has 0 radical (unpaired) electrons. The summed E-state index contributed by atoms with van der Waals surface area (Å²) in [5.41, 5.74) is 0.657. The molecule has 168 valence electrons. The highest BCUT2D eigenvalue weighted by molar-refractivity contribution is 6.17. The Balaban J connectivity index is 1.64. The zero-order chi connectivity index (χ0) is 22.4. The Bertz CT molecular complexity index is 982. The summed E-state index contributed by atoms with van der Waals surface area (Å²) in [4.78, 5) is 36.5. The fourth-order valence-electron chi connectivity index (χ4n) is 3.44. The van der Waals surface area contributed by atoms with Crippen LogP contribution in [0.5, 0.6) is 5.75 Å². The summed E-state index contributed by atoms with van der Waals surface area (Å²) in [6.45, 7) is 4.14. The molecule has 0 saturated carbocycles. The topological polar surface area (TPSA) is 139 Å². The number of nitrogens with one attached hydrogen (secondary N) is 2. The molecule has 0 bridgehead atoms. The molecule has 1 aromatic carbocycles. The smallest absolute Gasteiger partial charge is 0.437 e. The molecule has 0 unspecified atom stereocenters. The highest BCUT2D eigenvalue weighted by Gasteiger charge is 2.20. The van der Waals surface area contributed by atoms with E-state index in [9.17, 15) is 14.4 Å². The fourth-order valence-corrected chi connectivity index (χ4v) is 3.56. The first-order valence-electron chi connectivity index (χ1n) is 9.76. The number of hydrogen-bond donors (Lipinski definition) is 3. The molecule has 1 fully saturated rings. The summed E-state index contributed by atoms with van der Waals surface area (Å²) in [6, 6.07) is 4.54. The van der Waals surface area contributed by atoms with Gasteiger partial charge in [0.15, 0.2) is 6.07 Å². The number of piperidine rings is 1. The van der Waals surface area contributed by atoms with Gasteiger partial charge in [0, 0.05) is 38.2 Å². The van der Waals surface area contributed by atoms with Crippen molar-refractivity contribution in [3.05, 3.63) is 28.7 Å². The summed E-state index contributed by atoms with van der Waals surface area (Å²) >= 11 is 5.61. The number of hydrogen-bond acceptors (Lipinski definition) is 7. The van der Waals surface area contributed by atoms with Crippen molar-refractivity contribution >= 4 is 29.3 Å². The van der Waals surface area contributed by atoms with E-state index in [0.717, 1.165) is 25.9 Å². The first-order valence-corrected chi connectivity index (χ1v) is 10.3.